The molecule has 0 aromatic rings. The van der Waals surface area contributed by atoms with Crippen molar-refractivity contribution in [2.45, 2.75) is 12.7 Å². The van der Waals surface area contributed by atoms with Gasteiger partial charge in [0.2, 0.25) is 0 Å². The van der Waals surface area contributed by atoms with E-state index >= 15 is 0 Å². The lowest BCUT2D eigenvalue weighted by atomic mass is 11.4. The van der Waals surface area contributed by atoms with E-state index in [4.69, 9.17) is 0 Å². The number of rotatable bonds is 2. The minimum absolute atomic E-state index is 0. The highest BCUT2D eigenvalue weighted by molar-refractivity contribution is 7.45. The van der Waals surface area contributed by atoms with Crippen molar-refractivity contribution in [1.29, 1.82) is 0 Å². The van der Waals surface area contributed by atoms with Crippen LogP contribution in [0.25, 0.3) is 0 Å². The minimum Gasteiger partial charge on any atom is -0.756 e. The molecule has 0 aliphatic heterocycles. The third-order valence-electron chi connectivity index (χ3n) is 0.431. The van der Waals surface area contributed by atoms with Gasteiger partial charge in [0.05, 0.1) is 0 Å². The van der Waals surface area contributed by atoms with Crippen molar-refractivity contribution >= 4 is 7.82 Å². The summed E-state index contributed by atoms with van der Waals surface area (Å²) >= 11 is 0. The first-order valence-electron chi connectivity index (χ1n) is 2.27. The van der Waals surface area contributed by atoms with E-state index in [1.165, 1.54) is 0 Å². The second-order valence-electron chi connectivity index (χ2n) is 1.52. The lowest BCUT2D eigenvalue weighted by molar-refractivity contribution is -0.358. The second-order valence-corrected chi connectivity index (χ2v) is 2.78. The zero-order valence-electron chi connectivity index (χ0n) is 6.35. The van der Waals surface area contributed by atoms with Crippen LogP contribution in [0.15, 0.2) is 0 Å². The molecule has 0 radical (unpaired) electrons. The fourth-order valence-corrected chi connectivity index (χ4v) is 0.817. The fourth-order valence-electron chi connectivity index (χ4n) is 0.272. The zero-order chi connectivity index (χ0) is 10.9. The Morgan fingerprint density at radius 2 is 1.14 bits per heavy atom. The van der Waals surface area contributed by atoms with Crippen LogP contribution in [-0.4, -0.2) is 12.7 Å². The Bertz CT molecular complexity index is 203. The number of hydrogen-bond donors (Lipinski definition) is 1. The van der Waals surface area contributed by atoms with Gasteiger partial charge in [-0.3, -0.25) is 4.57 Å². The third kappa shape index (κ3) is 9.74. The number of phosphoric ester groups is 1. The Kier molecular flexibility index (Phi) is 5.11. The molecule has 0 aliphatic carbocycles. The summed E-state index contributed by atoms with van der Waals surface area (Å²) in [5, 5.41) is 0. The maximum absolute atomic E-state index is 11.1. The van der Waals surface area contributed by atoms with Crippen LogP contribution in [0.4, 0.5) is 26.3 Å². The van der Waals surface area contributed by atoms with Crippen molar-refractivity contribution in [2.24, 2.45) is 0 Å². The highest BCUT2D eigenvalue weighted by Crippen LogP contribution is 2.49. The van der Waals surface area contributed by atoms with Crippen LogP contribution < -0.4 is 11.0 Å². The molecule has 0 unspecified atom stereocenters. The average Bonchev–Trinajstić information content (AvgIpc) is 1.43. The molecule has 0 atom stereocenters. The van der Waals surface area contributed by atoms with Gasteiger partial charge in [-0.2, -0.15) is 0 Å². The van der Waals surface area contributed by atoms with Crippen LogP contribution in [0.2, 0.25) is 0 Å². The fraction of sp³-hybridized carbons (Fsp3) is 1.00. The van der Waals surface area contributed by atoms with Gasteiger partial charge >= 0.3 is 12.7 Å². The molecule has 0 aromatic carbocycles. The van der Waals surface area contributed by atoms with Gasteiger partial charge in [0.25, 0.3) is 7.82 Å². The lowest BCUT2D eigenvalue weighted by Crippen LogP contribution is -2.23. The van der Waals surface area contributed by atoms with E-state index in [2.05, 4.69) is 9.05 Å². The van der Waals surface area contributed by atoms with Crippen LogP contribution in [-0.2, 0) is 13.6 Å². The van der Waals surface area contributed by atoms with Gasteiger partial charge in [0.15, 0.2) is 0 Å². The lowest BCUT2D eigenvalue weighted by Gasteiger charge is -2.23. The predicted octanol–water partition coefficient (Wildman–Crippen LogP) is 1.90. The van der Waals surface area contributed by atoms with Crippen molar-refractivity contribution in [2.75, 3.05) is 0 Å². The molecule has 5 nitrogen and oxygen atoms in total. The van der Waals surface area contributed by atoms with E-state index in [1.807, 2.05) is 0 Å². The molecular weight excluding hydrogens is 247 g/mol. The summed E-state index contributed by atoms with van der Waals surface area (Å²) in [6, 6.07) is 0. The second kappa shape index (κ2) is 4.45. The molecule has 0 bridgehead atoms. The molecule has 12 heteroatoms. The summed E-state index contributed by atoms with van der Waals surface area (Å²) < 4.78 is 80.4. The summed E-state index contributed by atoms with van der Waals surface area (Å²) in [5.74, 6) is 0. The molecule has 4 N–H and O–H groups in total. The highest BCUT2D eigenvalue weighted by Gasteiger charge is 2.42. The van der Waals surface area contributed by atoms with Crippen molar-refractivity contribution in [3.05, 3.63) is 0 Å². The summed E-state index contributed by atoms with van der Waals surface area (Å²) in [6.45, 7) is 0. The summed E-state index contributed by atoms with van der Waals surface area (Å²) in [4.78, 5) is 9.81. The van der Waals surface area contributed by atoms with Crippen molar-refractivity contribution in [1.82, 2.24) is 6.15 Å². The van der Waals surface area contributed by atoms with E-state index in [9.17, 15) is 35.8 Å². The maximum atomic E-state index is 11.1. The van der Waals surface area contributed by atoms with Gasteiger partial charge in [-0.1, -0.05) is 0 Å². The van der Waals surface area contributed by atoms with Crippen molar-refractivity contribution < 1.29 is 44.8 Å². The van der Waals surface area contributed by atoms with E-state index in [1.54, 1.807) is 0 Å². The van der Waals surface area contributed by atoms with Crippen LogP contribution in [0, 0.1) is 0 Å². The molecule has 0 heterocycles. The topological polar surface area (TPSA) is 95.1 Å². The van der Waals surface area contributed by atoms with Gasteiger partial charge in [-0.05, 0) is 0 Å². The van der Waals surface area contributed by atoms with E-state index in [0.29, 0.717) is 0 Å². The molecule has 14 heavy (non-hydrogen) atoms. The molecular formula is C2H4F6NO4P. The van der Waals surface area contributed by atoms with Crippen LogP contribution in [0.1, 0.15) is 0 Å². The highest BCUT2D eigenvalue weighted by atomic mass is 31.2. The maximum Gasteiger partial charge on any atom is 0.528 e. The summed E-state index contributed by atoms with van der Waals surface area (Å²) in [7, 11) is -6.44. The first-order chi connectivity index (χ1) is 5.41. The standard InChI is InChI=1S/C2HF6O4P.H3N/c3-1(4,5)11-13(9,10)12-2(6,7)8;/h(H,9,10);1H3. The Balaban J connectivity index is 0. The minimum atomic E-state index is -6.44. The Morgan fingerprint density at radius 1 is 0.929 bits per heavy atom. The molecule has 0 saturated carbocycles. The summed E-state index contributed by atoms with van der Waals surface area (Å²) in [5.41, 5.74) is 0. The SMILES string of the molecule is O=P([O-])(OC(F)(F)F)OC(F)(F)F.[NH4+]. The van der Waals surface area contributed by atoms with Gasteiger partial charge in [-0.25, -0.2) is 9.05 Å². The van der Waals surface area contributed by atoms with Gasteiger partial charge < -0.3 is 11.0 Å². The zero-order valence-corrected chi connectivity index (χ0v) is 7.24. The summed E-state index contributed by atoms with van der Waals surface area (Å²) in [6.07, 6.45) is -11.5. The molecule has 0 fully saturated rings. The molecule has 0 amide bonds. The molecule has 0 aromatic heterocycles. The van der Waals surface area contributed by atoms with Crippen LogP contribution in [0.5, 0.6) is 0 Å². The molecule has 0 aliphatic rings. The molecule has 0 saturated heterocycles. The number of alkyl halides is 6. The first kappa shape index (κ1) is 16.1. The number of quaternary nitrogens is 1. The van der Waals surface area contributed by atoms with Crippen LogP contribution in [0.3, 0.4) is 0 Å². The Hall–Kier alpha value is -0.350. The molecule has 88 valence electrons. The van der Waals surface area contributed by atoms with E-state index in [0.717, 1.165) is 0 Å². The van der Waals surface area contributed by atoms with Gasteiger partial charge in [0, 0.05) is 0 Å². The van der Waals surface area contributed by atoms with Crippen molar-refractivity contribution in [3.63, 3.8) is 0 Å². The third-order valence-corrected chi connectivity index (χ3v) is 1.29. The number of halogens is 6. The monoisotopic (exact) mass is 251 g/mol. The molecule has 0 rings (SSSR count). The number of phosphoric acid groups is 1. The quantitative estimate of drug-likeness (QED) is 0.598. The average molecular weight is 251 g/mol. The molecule has 0 spiro atoms. The van der Waals surface area contributed by atoms with Crippen molar-refractivity contribution in [3.8, 4) is 0 Å². The van der Waals surface area contributed by atoms with E-state index < -0.39 is 20.5 Å². The number of hydrogen-bond acceptors (Lipinski definition) is 4. The smallest absolute Gasteiger partial charge is 0.528 e. The van der Waals surface area contributed by atoms with E-state index in [-0.39, 0.29) is 6.15 Å². The van der Waals surface area contributed by atoms with Gasteiger partial charge in [-0.15, -0.1) is 26.3 Å². The Labute approximate surface area is 72.8 Å². The van der Waals surface area contributed by atoms with Gasteiger partial charge in [0.1, 0.15) is 0 Å². The Morgan fingerprint density at radius 3 is 1.29 bits per heavy atom. The van der Waals surface area contributed by atoms with Crippen LogP contribution >= 0.6 is 7.82 Å². The normalized spacial score (nSPS) is 13.6. The largest absolute Gasteiger partial charge is 0.756 e. The first-order valence-corrected chi connectivity index (χ1v) is 3.73. The predicted molar refractivity (Wildman–Crippen MR) is 27.9 cm³/mol.